The number of para-hydroxylation sites is 1. The summed E-state index contributed by atoms with van der Waals surface area (Å²) in [7, 11) is 1.68. The van der Waals surface area contributed by atoms with Crippen molar-refractivity contribution in [3.63, 3.8) is 0 Å². The predicted octanol–water partition coefficient (Wildman–Crippen LogP) is 4.35. The lowest BCUT2D eigenvalue weighted by Gasteiger charge is -2.08. The number of ether oxygens (including phenoxy) is 1. The number of benzene rings is 1. The monoisotopic (exact) mass is 338 g/mol. The fraction of sp³-hybridized carbons (Fsp3) is 0.286. The Morgan fingerprint density at radius 2 is 2.05 bits per heavy atom. The topological polar surface area (TPSA) is 35.0 Å². The molecule has 0 unspecified atom stereocenters. The Labute approximate surface area is 125 Å². The number of aromatic nitrogens is 2. The van der Waals surface area contributed by atoms with Gasteiger partial charge in [0.2, 0.25) is 0 Å². The number of halogens is 1. The molecule has 0 aliphatic heterocycles. The molecule has 2 rings (SSSR count). The van der Waals surface area contributed by atoms with Crippen molar-refractivity contribution in [1.82, 2.24) is 9.97 Å². The first-order valence-corrected chi connectivity index (χ1v) is 7.68. The molecule has 0 radical (unpaired) electrons. The summed E-state index contributed by atoms with van der Waals surface area (Å²) in [5, 5.41) is 0.926. The molecule has 3 nitrogen and oxygen atoms in total. The van der Waals surface area contributed by atoms with Crippen LogP contribution < -0.4 is 4.74 Å². The van der Waals surface area contributed by atoms with Crippen molar-refractivity contribution in [1.29, 1.82) is 0 Å². The lowest BCUT2D eigenvalue weighted by atomic mass is 10.3. The summed E-state index contributed by atoms with van der Waals surface area (Å²) in [5.41, 5.74) is 0. The van der Waals surface area contributed by atoms with Crippen LogP contribution in [0.1, 0.15) is 19.2 Å². The van der Waals surface area contributed by atoms with Crippen LogP contribution in [0, 0.1) is 0 Å². The number of aryl methyl sites for hydroxylation is 1. The molecule has 0 saturated carbocycles. The highest BCUT2D eigenvalue weighted by molar-refractivity contribution is 9.10. The Balaban J connectivity index is 2.27. The maximum Gasteiger partial charge on any atom is 0.132 e. The largest absolute Gasteiger partial charge is 0.496 e. The Bertz CT molecular complexity index is 563. The van der Waals surface area contributed by atoms with Crippen molar-refractivity contribution in [2.45, 2.75) is 29.7 Å². The fourth-order valence-electron chi connectivity index (χ4n) is 1.65. The van der Waals surface area contributed by atoms with Crippen molar-refractivity contribution >= 4 is 27.7 Å². The third kappa shape index (κ3) is 3.94. The molecule has 100 valence electrons. The van der Waals surface area contributed by atoms with Gasteiger partial charge < -0.3 is 4.74 Å². The van der Waals surface area contributed by atoms with Crippen molar-refractivity contribution in [3.8, 4) is 5.75 Å². The molecule has 0 fully saturated rings. The van der Waals surface area contributed by atoms with Crippen LogP contribution in [0.5, 0.6) is 5.75 Å². The van der Waals surface area contributed by atoms with Crippen LogP contribution in [-0.4, -0.2) is 17.1 Å². The number of methoxy groups -OCH3 is 1. The molecule has 0 spiro atoms. The van der Waals surface area contributed by atoms with Crippen LogP contribution in [0.3, 0.4) is 0 Å². The summed E-state index contributed by atoms with van der Waals surface area (Å²) < 4.78 is 6.17. The van der Waals surface area contributed by atoms with Gasteiger partial charge in [-0.15, -0.1) is 0 Å². The molecule has 0 aliphatic rings. The van der Waals surface area contributed by atoms with E-state index in [4.69, 9.17) is 4.74 Å². The van der Waals surface area contributed by atoms with Crippen molar-refractivity contribution < 1.29 is 4.74 Å². The van der Waals surface area contributed by atoms with Gasteiger partial charge in [-0.05, 0) is 34.5 Å². The molecule has 0 N–H and O–H groups in total. The van der Waals surface area contributed by atoms with Crippen LogP contribution in [0.15, 0.2) is 44.9 Å². The van der Waals surface area contributed by atoms with Crippen molar-refractivity contribution in [2.75, 3.05) is 7.11 Å². The number of rotatable bonds is 5. The summed E-state index contributed by atoms with van der Waals surface area (Å²) in [6.07, 6.45) is 1.92. The average Bonchev–Trinajstić information content (AvgIpc) is 2.39. The smallest absolute Gasteiger partial charge is 0.132 e. The highest BCUT2D eigenvalue weighted by Crippen LogP contribution is 2.34. The Morgan fingerprint density at radius 1 is 1.26 bits per heavy atom. The molecule has 5 heteroatoms. The highest BCUT2D eigenvalue weighted by Gasteiger charge is 2.08. The maximum atomic E-state index is 5.35. The van der Waals surface area contributed by atoms with E-state index in [9.17, 15) is 0 Å². The summed E-state index contributed by atoms with van der Waals surface area (Å²) in [5.74, 6) is 1.73. The van der Waals surface area contributed by atoms with E-state index in [1.165, 1.54) is 0 Å². The first-order chi connectivity index (χ1) is 9.22. The minimum atomic E-state index is 0.823. The third-order valence-corrected chi connectivity index (χ3v) is 3.86. The molecule has 0 aliphatic carbocycles. The Morgan fingerprint density at radius 3 is 2.79 bits per heavy atom. The summed E-state index contributed by atoms with van der Waals surface area (Å²) >= 11 is 5.02. The van der Waals surface area contributed by atoms with Gasteiger partial charge in [-0.3, -0.25) is 0 Å². The zero-order valence-electron chi connectivity index (χ0n) is 10.9. The summed E-state index contributed by atoms with van der Waals surface area (Å²) in [6.45, 7) is 2.12. The second kappa shape index (κ2) is 6.91. The molecule has 0 atom stereocenters. The van der Waals surface area contributed by atoms with Gasteiger partial charge in [0.1, 0.15) is 21.2 Å². The minimum Gasteiger partial charge on any atom is -0.496 e. The molecule has 0 saturated heterocycles. The lowest BCUT2D eigenvalue weighted by Crippen LogP contribution is -1.96. The second-order valence-electron chi connectivity index (χ2n) is 3.95. The van der Waals surface area contributed by atoms with Crippen LogP contribution in [0.2, 0.25) is 0 Å². The van der Waals surface area contributed by atoms with Crippen molar-refractivity contribution in [3.05, 3.63) is 40.8 Å². The molecule has 1 aromatic carbocycles. The van der Waals surface area contributed by atoms with E-state index < -0.39 is 0 Å². The normalized spacial score (nSPS) is 10.5. The van der Waals surface area contributed by atoms with Crippen molar-refractivity contribution in [2.24, 2.45) is 0 Å². The van der Waals surface area contributed by atoms with E-state index in [0.717, 1.165) is 38.9 Å². The highest BCUT2D eigenvalue weighted by atomic mass is 79.9. The molecule has 1 heterocycles. The van der Waals surface area contributed by atoms with Gasteiger partial charge in [0.25, 0.3) is 0 Å². The van der Waals surface area contributed by atoms with Crippen LogP contribution in [0.4, 0.5) is 0 Å². The molecule has 0 bridgehead atoms. The van der Waals surface area contributed by atoms with E-state index >= 15 is 0 Å². The minimum absolute atomic E-state index is 0.823. The second-order valence-corrected chi connectivity index (χ2v) is 5.82. The third-order valence-electron chi connectivity index (χ3n) is 2.47. The van der Waals surface area contributed by atoms with Gasteiger partial charge in [-0.1, -0.05) is 30.8 Å². The van der Waals surface area contributed by atoms with Gasteiger partial charge >= 0.3 is 0 Å². The maximum absolute atomic E-state index is 5.35. The zero-order valence-corrected chi connectivity index (χ0v) is 13.3. The molecular formula is C14H15BrN2OS. The van der Waals surface area contributed by atoms with E-state index in [-0.39, 0.29) is 0 Å². The molecule has 19 heavy (non-hydrogen) atoms. The van der Waals surface area contributed by atoms with E-state index in [2.05, 4.69) is 32.8 Å². The van der Waals surface area contributed by atoms with E-state index in [1.807, 2.05) is 30.3 Å². The summed E-state index contributed by atoms with van der Waals surface area (Å²) in [4.78, 5) is 9.98. The first-order valence-electron chi connectivity index (χ1n) is 6.07. The fourth-order valence-corrected chi connectivity index (χ4v) is 3.16. The number of nitrogens with zero attached hydrogens (tertiary/aromatic N) is 2. The predicted molar refractivity (Wildman–Crippen MR) is 80.8 cm³/mol. The van der Waals surface area contributed by atoms with Gasteiger partial charge in [0.15, 0.2) is 0 Å². The first kappa shape index (κ1) is 14.3. The number of hydrogen-bond donors (Lipinski definition) is 0. The van der Waals surface area contributed by atoms with E-state index in [0.29, 0.717) is 0 Å². The quantitative estimate of drug-likeness (QED) is 0.759. The van der Waals surface area contributed by atoms with Gasteiger partial charge in [-0.2, -0.15) is 0 Å². The SMILES string of the molecule is CCCc1nc(Br)cc(Sc2ccccc2OC)n1. The average molecular weight is 339 g/mol. The van der Waals surface area contributed by atoms with Gasteiger partial charge in [-0.25, -0.2) is 9.97 Å². The molecular weight excluding hydrogens is 324 g/mol. The van der Waals surface area contributed by atoms with Crippen LogP contribution in [0.25, 0.3) is 0 Å². The van der Waals surface area contributed by atoms with Crippen LogP contribution in [-0.2, 0) is 6.42 Å². The summed E-state index contributed by atoms with van der Waals surface area (Å²) in [6, 6.07) is 9.86. The van der Waals surface area contributed by atoms with Gasteiger partial charge in [0, 0.05) is 12.5 Å². The Hall–Kier alpha value is -1.07. The number of hydrogen-bond acceptors (Lipinski definition) is 4. The van der Waals surface area contributed by atoms with Crippen LogP contribution >= 0.6 is 27.7 Å². The zero-order chi connectivity index (χ0) is 13.7. The van der Waals surface area contributed by atoms with Gasteiger partial charge in [0.05, 0.1) is 12.0 Å². The Kier molecular flexibility index (Phi) is 5.22. The molecule has 2 aromatic rings. The molecule has 1 aromatic heterocycles. The molecule has 0 amide bonds. The lowest BCUT2D eigenvalue weighted by molar-refractivity contribution is 0.405. The standard InChI is InChI=1S/C14H15BrN2OS/c1-3-6-13-16-12(15)9-14(17-13)19-11-8-5-4-7-10(11)18-2/h4-5,7-9H,3,6H2,1-2H3. The van der Waals surface area contributed by atoms with E-state index in [1.54, 1.807) is 18.9 Å².